The number of hydrogen-bond acceptors (Lipinski definition) is 3. The van der Waals surface area contributed by atoms with E-state index in [1.165, 1.54) is 5.56 Å². The number of nitrogens with zero attached hydrogens (tertiary/aromatic N) is 2. The molecule has 19 heavy (non-hydrogen) atoms. The fourth-order valence-electron chi connectivity index (χ4n) is 1.96. The van der Waals surface area contributed by atoms with Gasteiger partial charge in [0.15, 0.2) is 0 Å². The van der Waals surface area contributed by atoms with E-state index in [0.717, 1.165) is 25.2 Å². The Labute approximate surface area is 116 Å². The summed E-state index contributed by atoms with van der Waals surface area (Å²) in [5.41, 5.74) is 2.29. The van der Waals surface area contributed by atoms with Gasteiger partial charge in [0, 0.05) is 13.1 Å². The number of hydrogen-bond donors (Lipinski definition) is 1. The first-order valence-electron chi connectivity index (χ1n) is 6.80. The maximum atomic E-state index is 9.14. The molecule has 0 fully saturated rings. The minimum absolute atomic E-state index is 0.263. The Kier molecular flexibility index (Phi) is 6.88. The summed E-state index contributed by atoms with van der Waals surface area (Å²) in [5, 5.41) is 12.3. The molecule has 3 heteroatoms. The minimum atomic E-state index is -0.263. The molecule has 0 spiro atoms. The standard InChI is InChI=1S/C16H23N3/c1-4-11-18-16(12-17)15-9-7-14(8-10-15)13-19(5-2)6-3/h4,7-10,16,18H,1,5-6,11,13H2,2-3H3. The van der Waals surface area contributed by atoms with E-state index >= 15 is 0 Å². The first kappa shape index (κ1) is 15.4. The first-order chi connectivity index (χ1) is 9.24. The third-order valence-electron chi connectivity index (χ3n) is 3.21. The summed E-state index contributed by atoms with van der Waals surface area (Å²) < 4.78 is 0. The monoisotopic (exact) mass is 257 g/mol. The lowest BCUT2D eigenvalue weighted by Gasteiger charge is -2.18. The largest absolute Gasteiger partial charge is 0.300 e. The van der Waals surface area contributed by atoms with E-state index in [9.17, 15) is 0 Å². The Bertz CT molecular complexity index is 413. The molecule has 0 aliphatic rings. The van der Waals surface area contributed by atoms with Crippen LogP contribution in [-0.2, 0) is 6.54 Å². The maximum Gasteiger partial charge on any atom is 0.121 e. The SMILES string of the molecule is C=CCNC(C#N)c1ccc(CN(CC)CC)cc1. The Hall–Kier alpha value is -1.63. The fourth-order valence-corrected chi connectivity index (χ4v) is 1.96. The first-order valence-corrected chi connectivity index (χ1v) is 6.80. The van der Waals surface area contributed by atoms with Crippen molar-refractivity contribution in [2.24, 2.45) is 0 Å². The van der Waals surface area contributed by atoms with Crippen molar-refractivity contribution in [3.8, 4) is 6.07 Å². The molecule has 1 rings (SSSR count). The van der Waals surface area contributed by atoms with Crippen molar-refractivity contribution >= 4 is 0 Å². The van der Waals surface area contributed by atoms with Crippen LogP contribution in [0.15, 0.2) is 36.9 Å². The molecule has 0 aliphatic carbocycles. The van der Waals surface area contributed by atoms with Crippen LogP contribution >= 0.6 is 0 Å². The summed E-state index contributed by atoms with van der Waals surface area (Å²) in [7, 11) is 0. The highest BCUT2D eigenvalue weighted by Crippen LogP contribution is 2.14. The number of nitrogens with one attached hydrogen (secondary N) is 1. The molecule has 1 N–H and O–H groups in total. The number of rotatable bonds is 8. The van der Waals surface area contributed by atoms with Crippen LogP contribution in [0.4, 0.5) is 0 Å². The van der Waals surface area contributed by atoms with Crippen LogP contribution in [0.2, 0.25) is 0 Å². The summed E-state index contributed by atoms with van der Waals surface area (Å²) in [4.78, 5) is 2.37. The van der Waals surface area contributed by atoms with Gasteiger partial charge in [-0.3, -0.25) is 10.2 Å². The van der Waals surface area contributed by atoms with Crippen molar-refractivity contribution in [2.75, 3.05) is 19.6 Å². The molecule has 0 aromatic heterocycles. The molecule has 0 heterocycles. The second-order valence-corrected chi connectivity index (χ2v) is 4.46. The molecular formula is C16H23N3. The lowest BCUT2D eigenvalue weighted by molar-refractivity contribution is 0.296. The topological polar surface area (TPSA) is 39.1 Å². The molecule has 1 aromatic carbocycles. The zero-order valence-corrected chi connectivity index (χ0v) is 11.9. The molecule has 0 bridgehead atoms. The Balaban J connectivity index is 2.69. The predicted molar refractivity (Wildman–Crippen MR) is 79.6 cm³/mol. The predicted octanol–water partition coefficient (Wildman–Crippen LogP) is 2.87. The van der Waals surface area contributed by atoms with Crippen molar-refractivity contribution in [1.82, 2.24) is 10.2 Å². The molecule has 1 aromatic rings. The third-order valence-corrected chi connectivity index (χ3v) is 3.21. The van der Waals surface area contributed by atoms with Gasteiger partial charge in [0.05, 0.1) is 6.07 Å². The van der Waals surface area contributed by atoms with Gasteiger partial charge in [-0.25, -0.2) is 0 Å². The zero-order valence-electron chi connectivity index (χ0n) is 11.9. The van der Waals surface area contributed by atoms with Crippen molar-refractivity contribution in [2.45, 2.75) is 26.4 Å². The highest BCUT2D eigenvalue weighted by Gasteiger charge is 2.09. The molecule has 0 saturated carbocycles. The van der Waals surface area contributed by atoms with E-state index < -0.39 is 0 Å². The molecule has 0 aliphatic heterocycles. The summed E-state index contributed by atoms with van der Waals surface area (Å²) in [6, 6.07) is 10.3. The van der Waals surface area contributed by atoms with Crippen LogP contribution in [0.25, 0.3) is 0 Å². The maximum absolute atomic E-state index is 9.14. The zero-order chi connectivity index (χ0) is 14.1. The summed E-state index contributed by atoms with van der Waals surface area (Å²) in [6.45, 7) is 11.7. The third kappa shape index (κ3) is 4.86. The molecule has 102 valence electrons. The van der Waals surface area contributed by atoms with E-state index in [1.807, 2.05) is 12.1 Å². The van der Waals surface area contributed by atoms with E-state index in [0.29, 0.717) is 6.54 Å². The van der Waals surface area contributed by atoms with E-state index in [1.54, 1.807) is 6.08 Å². The normalized spacial score (nSPS) is 12.1. The highest BCUT2D eigenvalue weighted by atomic mass is 15.1. The van der Waals surface area contributed by atoms with Gasteiger partial charge >= 0.3 is 0 Å². The smallest absolute Gasteiger partial charge is 0.121 e. The van der Waals surface area contributed by atoms with Crippen LogP contribution < -0.4 is 5.32 Å². The van der Waals surface area contributed by atoms with Crippen LogP contribution in [0.3, 0.4) is 0 Å². The Morgan fingerprint density at radius 2 is 1.95 bits per heavy atom. The van der Waals surface area contributed by atoms with Gasteiger partial charge in [0.1, 0.15) is 6.04 Å². The lowest BCUT2D eigenvalue weighted by atomic mass is 10.1. The molecule has 3 nitrogen and oxygen atoms in total. The minimum Gasteiger partial charge on any atom is -0.300 e. The van der Waals surface area contributed by atoms with Crippen LogP contribution in [0.5, 0.6) is 0 Å². The van der Waals surface area contributed by atoms with Crippen LogP contribution in [-0.4, -0.2) is 24.5 Å². The quantitative estimate of drug-likeness (QED) is 0.728. The Morgan fingerprint density at radius 3 is 2.42 bits per heavy atom. The summed E-state index contributed by atoms with van der Waals surface area (Å²) >= 11 is 0. The van der Waals surface area contributed by atoms with E-state index in [-0.39, 0.29) is 6.04 Å². The summed E-state index contributed by atoms with van der Waals surface area (Å²) in [5.74, 6) is 0. The molecule has 0 amide bonds. The second kappa shape index (κ2) is 8.47. The molecular weight excluding hydrogens is 234 g/mol. The van der Waals surface area contributed by atoms with E-state index in [2.05, 4.69) is 48.8 Å². The van der Waals surface area contributed by atoms with Crippen molar-refractivity contribution in [1.29, 1.82) is 5.26 Å². The van der Waals surface area contributed by atoms with Gasteiger partial charge in [-0.05, 0) is 24.2 Å². The van der Waals surface area contributed by atoms with Gasteiger partial charge in [0.2, 0.25) is 0 Å². The fraction of sp³-hybridized carbons (Fsp3) is 0.438. The van der Waals surface area contributed by atoms with Gasteiger partial charge in [-0.1, -0.05) is 44.2 Å². The van der Waals surface area contributed by atoms with Crippen molar-refractivity contribution in [3.05, 3.63) is 48.0 Å². The average molecular weight is 257 g/mol. The van der Waals surface area contributed by atoms with Crippen molar-refractivity contribution in [3.63, 3.8) is 0 Å². The second-order valence-electron chi connectivity index (χ2n) is 4.46. The lowest BCUT2D eigenvalue weighted by Crippen LogP contribution is -2.22. The van der Waals surface area contributed by atoms with Gasteiger partial charge in [-0.15, -0.1) is 6.58 Å². The van der Waals surface area contributed by atoms with E-state index in [4.69, 9.17) is 5.26 Å². The van der Waals surface area contributed by atoms with Gasteiger partial charge < -0.3 is 0 Å². The molecule has 1 unspecified atom stereocenters. The molecule has 1 atom stereocenters. The highest BCUT2D eigenvalue weighted by molar-refractivity contribution is 5.28. The van der Waals surface area contributed by atoms with Gasteiger partial charge in [0.25, 0.3) is 0 Å². The average Bonchev–Trinajstić information content (AvgIpc) is 2.47. The number of benzene rings is 1. The van der Waals surface area contributed by atoms with Crippen molar-refractivity contribution < 1.29 is 0 Å². The summed E-state index contributed by atoms with van der Waals surface area (Å²) in [6.07, 6.45) is 1.76. The van der Waals surface area contributed by atoms with Crippen LogP contribution in [0, 0.1) is 11.3 Å². The van der Waals surface area contributed by atoms with Crippen LogP contribution in [0.1, 0.15) is 31.0 Å². The van der Waals surface area contributed by atoms with Gasteiger partial charge in [-0.2, -0.15) is 5.26 Å². The Morgan fingerprint density at radius 1 is 1.32 bits per heavy atom. The number of nitriles is 1. The molecule has 0 radical (unpaired) electrons. The molecule has 0 saturated heterocycles.